The summed E-state index contributed by atoms with van der Waals surface area (Å²) in [5.74, 6) is 0.750. The van der Waals surface area contributed by atoms with E-state index in [9.17, 15) is 4.79 Å². The molecule has 0 aliphatic heterocycles. The van der Waals surface area contributed by atoms with Gasteiger partial charge in [-0.15, -0.1) is 22.7 Å². The van der Waals surface area contributed by atoms with E-state index in [1.165, 1.54) is 4.88 Å². The number of furan rings is 1. The molecular formula is C21H18N4O2S2. The fourth-order valence-electron chi connectivity index (χ4n) is 3.33. The number of fused-ring (bicyclic) bond motifs is 2. The fraction of sp³-hybridized carbons (Fsp3) is 0.190. The van der Waals surface area contributed by atoms with Gasteiger partial charge in [0.05, 0.1) is 28.1 Å². The molecule has 4 aromatic heterocycles. The minimum absolute atomic E-state index is 0.168. The number of hydrogen-bond acceptors (Lipinski definition) is 6. The van der Waals surface area contributed by atoms with E-state index in [4.69, 9.17) is 4.42 Å². The second-order valence-corrected chi connectivity index (χ2v) is 9.19. The molecule has 146 valence electrons. The number of benzene rings is 1. The molecule has 1 aromatic carbocycles. The van der Waals surface area contributed by atoms with Crippen molar-refractivity contribution in [1.29, 1.82) is 0 Å². The van der Waals surface area contributed by atoms with Crippen LogP contribution in [0.4, 0.5) is 0 Å². The summed E-state index contributed by atoms with van der Waals surface area (Å²) in [7, 11) is 1.78. The van der Waals surface area contributed by atoms with Crippen LogP contribution in [0.25, 0.3) is 25.9 Å². The van der Waals surface area contributed by atoms with Crippen molar-refractivity contribution in [2.45, 2.75) is 20.4 Å². The van der Waals surface area contributed by atoms with Gasteiger partial charge in [0.15, 0.2) is 21.5 Å². The lowest BCUT2D eigenvalue weighted by Crippen LogP contribution is -2.26. The van der Waals surface area contributed by atoms with Gasteiger partial charge in [0, 0.05) is 18.1 Å². The van der Waals surface area contributed by atoms with Gasteiger partial charge in [-0.25, -0.2) is 9.97 Å². The number of para-hydroxylation sites is 1. The van der Waals surface area contributed by atoms with Gasteiger partial charge in [-0.2, -0.15) is 0 Å². The summed E-state index contributed by atoms with van der Waals surface area (Å²) in [5, 5.41) is 0.773. The first-order chi connectivity index (χ1) is 14.0. The lowest BCUT2D eigenvalue weighted by atomic mass is 10.3. The highest BCUT2D eigenvalue weighted by molar-refractivity contribution is 7.21. The first-order valence-corrected chi connectivity index (χ1v) is 10.8. The highest BCUT2D eigenvalue weighted by Crippen LogP contribution is 2.31. The Morgan fingerprint density at radius 3 is 2.79 bits per heavy atom. The zero-order chi connectivity index (χ0) is 20.1. The Morgan fingerprint density at radius 1 is 1.14 bits per heavy atom. The number of amides is 1. The Kier molecular flexibility index (Phi) is 4.25. The number of carbonyl (C=O) groups excluding carboxylic acids is 1. The summed E-state index contributed by atoms with van der Waals surface area (Å²) in [6.45, 7) is 4.49. The second kappa shape index (κ2) is 6.82. The average molecular weight is 423 g/mol. The Morgan fingerprint density at radius 2 is 1.97 bits per heavy atom. The highest BCUT2D eigenvalue weighted by atomic mass is 32.1. The third kappa shape index (κ3) is 3.14. The molecule has 0 spiro atoms. The minimum atomic E-state index is -0.168. The number of hydrogen-bond donors (Lipinski definition) is 0. The van der Waals surface area contributed by atoms with Gasteiger partial charge in [0.2, 0.25) is 0 Å². The second-order valence-electron chi connectivity index (χ2n) is 6.95. The van der Waals surface area contributed by atoms with Crippen molar-refractivity contribution in [2.75, 3.05) is 7.05 Å². The summed E-state index contributed by atoms with van der Waals surface area (Å²) >= 11 is 3.20. The maximum absolute atomic E-state index is 12.9. The lowest BCUT2D eigenvalue weighted by molar-refractivity contribution is 0.0752. The molecule has 0 fully saturated rings. The molecule has 5 aromatic rings. The summed E-state index contributed by atoms with van der Waals surface area (Å²) in [6, 6.07) is 11.5. The molecule has 0 aliphatic rings. The van der Waals surface area contributed by atoms with Crippen molar-refractivity contribution in [3.05, 3.63) is 64.6 Å². The molecule has 29 heavy (non-hydrogen) atoms. The number of rotatable bonds is 4. The first-order valence-electron chi connectivity index (χ1n) is 9.15. The van der Waals surface area contributed by atoms with Crippen LogP contribution < -0.4 is 0 Å². The normalized spacial score (nSPS) is 11.6. The summed E-state index contributed by atoms with van der Waals surface area (Å²) in [4.78, 5) is 25.9. The maximum atomic E-state index is 12.9. The molecule has 0 unspecified atom stereocenters. The van der Waals surface area contributed by atoms with Gasteiger partial charge in [-0.05, 0) is 38.1 Å². The first kappa shape index (κ1) is 18.1. The SMILES string of the molecule is Cc1cn2c(CN(C)C(=O)c3ccc(-c4nc5ccccc5s4)o3)c(C)nc2s1. The van der Waals surface area contributed by atoms with E-state index >= 15 is 0 Å². The van der Waals surface area contributed by atoms with Gasteiger partial charge in [0.25, 0.3) is 5.91 Å². The van der Waals surface area contributed by atoms with E-state index in [-0.39, 0.29) is 5.91 Å². The van der Waals surface area contributed by atoms with Crippen LogP contribution >= 0.6 is 22.7 Å². The van der Waals surface area contributed by atoms with Crippen molar-refractivity contribution in [3.63, 3.8) is 0 Å². The number of carbonyl (C=O) groups is 1. The Balaban J connectivity index is 1.39. The molecule has 8 heteroatoms. The Hall–Kier alpha value is -2.97. The monoisotopic (exact) mass is 422 g/mol. The molecule has 1 amide bonds. The molecule has 0 radical (unpaired) electrons. The van der Waals surface area contributed by atoms with Crippen molar-refractivity contribution in [2.24, 2.45) is 0 Å². The van der Waals surface area contributed by atoms with Crippen molar-refractivity contribution >= 4 is 43.8 Å². The van der Waals surface area contributed by atoms with E-state index in [0.29, 0.717) is 18.1 Å². The van der Waals surface area contributed by atoms with Crippen LogP contribution in [-0.4, -0.2) is 32.2 Å². The minimum Gasteiger partial charge on any atom is -0.448 e. The molecule has 0 saturated heterocycles. The van der Waals surface area contributed by atoms with E-state index < -0.39 is 0 Å². The van der Waals surface area contributed by atoms with Gasteiger partial charge in [-0.3, -0.25) is 9.20 Å². The summed E-state index contributed by atoms with van der Waals surface area (Å²) in [6.07, 6.45) is 2.06. The lowest BCUT2D eigenvalue weighted by Gasteiger charge is -2.15. The zero-order valence-corrected chi connectivity index (χ0v) is 17.8. The van der Waals surface area contributed by atoms with Crippen LogP contribution in [0.1, 0.15) is 26.8 Å². The molecule has 0 atom stereocenters. The van der Waals surface area contributed by atoms with E-state index in [1.54, 1.807) is 40.7 Å². The van der Waals surface area contributed by atoms with Gasteiger partial charge < -0.3 is 9.32 Å². The molecule has 5 rings (SSSR count). The maximum Gasteiger partial charge on any atom is 0.289 e. The quantitative estimate of drug-likeness (QED) is 0.402. The number of aryl methyl sites for hydroxylation is 2. The Labute approximate surface area is 175 Å². The van der Waals surface area contributed by atoms with Gasteiger partial charge >= 0.3 is 0 Å². The predicted molar refractivity (Wildman–Crippen MR) is 116 cm³/mol. The fourth-order valence-corrected chi connectivity index (χ4v) is 5.15. The number of imidazole rings is 1. The van der Waals surface area contributed by atoms with Crippen molar-refractivity contribution in [1.82, 2.24) is 19.3 Å². The predicted octanol–water partition coefficient (Wildman–Crippen LogP) is 5.15. The average Bonchev–Trinajstić information content (AvgIpc) is 3.45. The molecule has 0 aliphatic carbocycles. The third-order valence-corrected chi connectivity index (χ3v) is 6.75. The van der Waals surface area contributed by atoms with Crippen LogP contribution in [0.15, 0.2) is 47.0 Å². The summed E-state index contributed by atoms with van der Waals surface area (Å²) in [5.41, 5.74) is 2.88. The van der Waals surface area contributed by atoms with Crippen LogP contribution in [0.2, 0.25) is 0 Å². The molecule has 0 saturated carbocycles. The zero-order valence-electron chi connectivity index (χ0n) is 16.2. The Bertz CT molecular complexity index is 1320. The molecule has 0 N–H and O–H groups in total. The van der Waals surface area contributed by atoms with E-state index in [2.05, 4.69) is 27.5 Å². The van der Waals surface area contributed by atoms with Crippen LogP contribution in [-0.2, 0) is 6.54 Å². The van der Waals surface area contributed by atoms with Gasteiger partial charge in [-0.1, -0.05) is 12.1 Å². The third-order valence-electron chi connectivity index (χ3n) is 4.80. The molecular weight excluding hydrogens is 404 g/mol. The smallest absolute Gasteiger partial charge is 0.289 e. The van der Waals surface area contributed by atoms with Crippen LogP contribution in [0, 0.1) is 13.8 Å². The topological polar surface area (TPSA) is 63.6 Å². The number of aromatic nitrogens is 3. The molecule has 6 nitrogen and oxygen atoms in total. The van der Waals surface area contributed by atoms with E-state index in [0.717, 1.165) is 31.6 Å². The molecule has 4 heterocycles. The van der Waals surface area contributed by atoms with Crippen molar-refractivity contribution < 1.29 is 9.21 Å². The van der Waals surface area contributed by atoms with E-state index in [1.807, 2.05) is 37.3 Å². The summed E-state index contributed by atoms with van der Waals surface area (Å²) < 4.78 is 9.02. The van der Waals surface area contributed by atoms with Crippen molar-refractivity contribution in [3.8, 4) is 10.8 Å². The number of thiazole rings is 2. The number of nitrogens with zero attached hydrogens (tertiary/aromatic N) is 4. The highest BCUT2D eigenvalue weighted by Gasteiger charge is 2.21. The van der Waals surface area contributed by atoms with Crippen LogP contribution in [0.5, 0.6) is 0 Å². The standard InChI is InChI=1S/C21H18N4O2S2/c1-12-10-25-15(13(2)22-21(25)28-12)11-24(3)20(26)17-9-8-16(27-17)19-23-14-6-4-5-7-18(14)29-19/h4-10H,11H2,1-3H3. The van der Waals surface area contributed by atoms with Gasteiger partial charge in [0.1, 0.15) is 0 Å². The largest absolute Gasteiger partial charge is 0.448 e. The molecule has 0 bridgehead atoms. The van der Waals surface area contributed by atoms with Crippen LogP contribution in [0.3, 0.4) is 0 Å².